The minimum atomic E-state index is 0.597. The van der Waals surface area contributed by atoms with Crippen LogP contribution < -0.4 is 5.32 Å². The summed E-state index contributed by atoms with van der Waals surface area (Å²) in [4.78, 5) is 0. The van der Waals surface area contributed by atoms with E-state index in [1.165, 1.54) is 18.5 Å². The number of nitrogens with zero attached hydrogens (tertiary/aromatic N) is 2. The van der Waals surface area contributed by atoms with E-state index in [0.29, 0.717) is 6.04 Å². The van der Waals surface area contributed by atoms with Gasteiger partial charge < -0.3 is 5.32 Å². The van der Waals surface area contributed by atoms with Crippen molar-refractivity contribution in [3.63, 3.8) is 0 Å². The topological polar surface area (TPSA) is 29.9 Å². The van der Waals surface area contributed by atoms with Crippen LogP contribution in [0.2, 0.25) is 0 Å². The van der Waals surface area contributed by atoms with E-state index in [1.54, 1.807) is 0 Å². The molecule has 14 heavy (non-hydrogen) atoms. The highest BCUT2D eigenvalue weighted by Crippen LogP contribution is 2.01. The molecule has 1 heterocycles. The van der Waals surface area contributed by atoms with E-state index in [0.717, 1.165) is 13.1 Å². The zero-order valence-corrected chi connectivity index (χ0v) is 9.45. The average molecular weight is 195 g/mol. The summed E-state index contributed by atoms with van der Waals surface area (Å²) in [6, 6.07) is 2.68. The van der Waals surface area contributed by atoms with Gasteiger partial charge in [0, 0.05) is 25.3 Å². The second-order valence-electron chi connectivity index (χ2n) is 3.71. The molecular formula is C11H21N3. The predicted molar refractivity (Wildman–Crippen MR) is 59.1 cm³/mol. The molecule has 3 heteroatoms. The summed E-state index contributed by atoms with van der Waals surface area (Å²) in [5, 5.41) is 7.74. The van der Waals surface area contributed by atoms with Crippen LogP contribution in [-0.2, 0) is 13.1 Å². The van der Waals surface area contributed by atoms with Crippen LogP contribution in [-0.4, -0.2) is 15.8 Å². The van der Waals surface area contributed by atoms with Gasteiger partial charge in [-0.1, -0.05) is 13.3 Å². The molecule has 1 aromatic heterocycles. The molecule has 1 rings (SSSR count). The molecule has 3 nitrogen and oxygen atoms in total. The Morgan fingerprint density at radius 1 is 1.50 bits per heavy atom. The van der Waals surface area contributed by atoms with E-state index in [1.807, 2.05) is 10.9 Å². The van der Waals surface area contributed by atoms with Gasteiger partial charge in [0.15, 0.2) is 0 Å². The summed E-state index contributed by atoms with van der Waals surface area (Å²) < 4.78 is 2.03. The number of hydrogen-bond donors (Lipinski definition) is 1. The van der Waals surface area contributed by atoms with E-state index < -0.39 is 0 Å². The molecule has 0 aliphatic heterocycles. The van der Waals surface area contributed by atoms with Crippen LogP contribution in [0.4, 0.5) is 0 Å². The molecule has 0 spiro atoms. The quantitative estimate of drug-likeness (QED) is 0.754. The van der Waals surface area contributed by atoms with Crippen LogP contribution in [0.5, 0.6) is 0 Å². The first-order valence-electron chi connectivity index (χ1n) is 5.52. The molecule has 0 bridgehead atoms. The Morgan fingerprint density at radius 3 is 2.93 bits per heavy atom. The van der Waals surface area contributed by atoms with Crippen LogP contribution >= 0.6 is 0 Å². The number of rotatable bonds is 6. The van der Waals surface area contributed by atoms with Crippen molar-refractivity contribution < 1.29 is 0 Å². The monoisotopic (exact) mass is 195 g/mol. The highest BCUT2D eigenvalue weighted by molar-refractivity contribution is 5.00. The fraction of sp³-hybridized carbons (Fsp3) is 0.727. The Kier molecular flexibility index (Phi) is 4.66. The zero-order chi connectivity index (χ0) is 10.4. The number of aryl methyl sites for hydroxylation is 1. The summed E-state index contributed by atoms with van der Waals surface area (Å²) in [5.74, 6) is 0. The number of nitrogens with one attached hydrogen (secondary N) is 1. The van der Waals surface area contributed by atoms with Gasteiger partial charge >= 0.3 is 0 Å². The molecule has 1 atom stereocenters. The van der Waals surface area contributed by atoms with Crippen molar-refractivity contribution in [1.82, 2.24) is 15.1 Å². The average Bonchev–Trinajstić information content (AvgIpc) is 2.62. The number of aromatic nitrogens is 2. The largest absolute Gasteiger partial charge is 0.309 e. The summed E-state index contributed by atoms with van der Waals surface area (Å²) in [7, 11) is 0. The molecule has 1 aromatic rings. The van der Waals surface area contributed by atoms with Gasteiger partial charge in [-0.05, 0) is 26.3 Å². The molecule has 0 fully saturated rings. The highest BCUT2D eigenvalue weighted by atomic mass is 15.3. The van der Waals surface area contributed by atoms with Crippen molar-refractivity contribution >= 4 is 0 Å². The third-order valence-corrected chi connectivity index (χ3v) is 2.46. The molecule has 0 saturated carbocycles. The van der Waals surface area contributed by atoms with Gasteiger partial charge in [-0.25, -0.2) is 0 Å². The molecule has 0 aliphatic carbocycles. The van der Waals surface area contributed by atoms with Gasteiger partial charge in [0.1, 0.15) is 0 Å². The van der Waals surface area contributed by atoms with Gasteiger partial charge in [0.2, 0.25) is 0 Å². The molecule has 80 valence electrons. The minimum absolute atomic E-state index is 0.597. The van der Waals surface area contributed by atoms with Gasteiger partial charge in [-0.2, -0.15) is 5.10 Å². The Balaban J connectivity index is 2.37. The minimum Gasteiger partial charge on any atom is -0.309 e. The molecule has 0 amide bonds. The van der Waals surface area contributed by atoms with E-state index in [4.69, 9.17) is 0 Å². The van der Waals surface area contributed by atoms with E-state index in [2.05, 4.69) is 37.3 Å². The summed E-state index contributed by atoms with van der Waals surface area (Å²) >= 11 is 0. The number of hydrogen-bond acceptors (Lipinski definition) is 2. The van der Waals surface area contributed by atoms with Gasteiger partial charge in [0.05, 0.1) is 5.69 Å². The maximum absolute atomic E-state index is 4.24. The lowest BCUT2D eigenvalue weighted by Crippen LogP contribution is -2.26. The fourth-order valence-corrected chi connectivity index (χ4v) is 1.61. The third-order valence-electron chi connectivity index (χ3n) is 2.46. The molecule has 0 aromatic carbocycles. The molecule has 1 N–H and O–H groups in total. The highest BCUT2D eigenvalue weighted by Gasteiger charge is 2.03. The van der Waals surface area contributed by atoms with E-state index >= 15 is 0 Å². The van der Waals surface area contributed by atoms with Gasteiger partial charge in [-0.3, -0.25) is 4.68 Å². The zero-order valence-electron chi connectivity index (χ0n) is 9.45. The van der Waals surface area contributed by atoms with Crippen LogP contribution in [0, 0.1) is 0 Å². The van der Waals surface area contributed by atoms with Crippen LogP contribution in [0.3, 0.4) is 0 Å². The summed E-state index contributed by atoms with van der Waals surface area (Å²) in [6.07, 6.45) is 4.34. The van der Waals surface area contributed by atoms with Crippen molar-refractivity contribution in [3.8, 4) is 0 Å². The fourth-order valence-electron chi connectivity index (χ4n) is 1.61. The lowest BCUT2D eigenvalue weighted by molar-refractivity contribution is 0.488. The lowest BCUT2D eigenvalue weighted by atomic mass is 10.2. The van der Waals surface area contributed by atoms with Crippen molar-refractivity contribution in [1.29, 1.82) is 0 Å². The predicted octanol–water partition coefficient (Wildman–Crippen LogP) is 2.18. The van der Waals surface area contributed by atoms with E-state index in [9.17, 15) is 0 Å². The Hall–Kier alpha value is -0.830. The summed E-state index contributed by atoms with van der Waals surface area (Å²) in [5.41, 5.74) is 1.27. The Bertz CT molecular complexity index is 255. The van der Waals surface area contributed by atoms with Crippen molar-refractivity contribution in [2.24, 2.45) is 0 Å². The van der Waals surface area contributed by atoms with Crippen molar-refractivity contribution in [2.45, 2.75) is 52.7 Å². The van der Waals surface area contributed by atoms with Crippen molar-refractivity contribution in [3.05, 3.63) is 18.0 Å². The molecular weight excluding hydrogens is 174 g/mol. The maximum Gasteiger partial charge on any atom is 0.0522 e. The van der Waals surface area contributed by atoms with Gasteiger partial charge in [0.25, 0.3) is 0 Å². The lowest BCUT2D eigenvalue weighted by Gasteiger charge is -2.12. The molecule has 0 saturated heterocycles. The molecule has 1 unspecified atom stereocenters. The standard InChI is InChI=1S/C11H21N3/c1-4-6-10(3)12-9-11-7-8-13-14(11)5-2/h7-8,10,12H,4-6,9H2,1-3H3. The first kappa shape index (κ1) is 11.2. The van der Waals surface area contributed by atoms with Crippen LogP contribution in [0.25, 0.3) is 0 Å². The second kappa shape index (κ2) is 5.81. The SMILES string of the molecule is CCCC(C)NCc1ccnn1CC. The molecule has 0 aliphatic rings. The first-order chi connectivity index (χ1) is 6.77. The Labute approximate surface area is 86.5 Å². The van der Waals surface area contributed by atoms with Crippen LogP contribution in [0.1, 0.15) is 39.3 Å². The van der Waals surface area contributed by atoms with Crippen molar-refractivity contribution in [2.75, 3.05) is 0 Å². The molecule has 0 radical (unpaired) electrons. The normalized spacial score (nSPS) is 13.1. The maximum atomic E-state index is 4.24. The van der Waals surface area contributed by atoms with Crippen LogP contribution in [0.15, 0.2) is 12.3 Å². The first-order valence-corrected chi connectivity index (χ1v) is 5.52. The van der Waals surface area contributed by atoms with E-state index in [-0.39, 0.29) is 0 Å². The second-order valence-corrected chi connectivity index (χ2v) is 3.71. The smallest absolute Gasteiger partial charge is 0.0522 e. The Morgan fingerprint density at radius 2 is 2.29 bits per heavy atom. The van der Waals surface area contributed by atoms with Gasteiger partial charge in [-0.15, -0.1) is 0 Å². The summed E-state index contributed by atoms with van der Waals surface area (Å²) in [6.45, 7) is 8.44. The third kappa shape index (κ3) is 3.14.